The molecule has 0 heterocycles. The van der Waals surface area contributed by atoms with Crippen LogP contribution in [0.15, 0.2) is 29.2 Å². The quantitative estimate of drug-likeness (QED) is 0.426. The van der Waals surface area contributed by atoms with E-state index in [1.807, 2.05) is 6.26 Å². The first-order valence-electron chi connectivity index (χ1n) is 6.15. The molecule has 122 valence electrons. The number of carbonyl (C=O) groups excluding carboxylic acids is 1. The van der Waals surface area contributed by atoms with Gasteiger partial charge in [-0.1, -0.05) is 0 Å². The van der Waals surface area contributed by atoms with E-state index in [2.05, 4.69) is 9.46 Å². The molecule has 0 fully saturated rings. The smallest absolute Gasteiger partial charge is 0.323 e. The highest BCUT2D eigenvalue weighted by Crippen LogP contribution is 2.16. The van der Waals surface area contributed by atoms with Crippen LogP contribution in [0.1, 0.15) is 6.42 Å². The standard InChI is InChI=1S/C12H16N2O6S2/c1-20-12(15)11(7-8-21-2)13-22(18,19)10-5-3-9(4-6-10)14(16)17/h3-6,11,13H,7-8H2,1-2H3/t11-/m1/s1. The molecule has 0 unspecified atom stereocenters. The molecule has 0 aliphatic heterocycles. The molecule has 0 aliphatic carbocycles. The van der Waals surface area contributed by atoms with E-state index in [0.717, 1.165) is 24.3 Å². The molecule has 8 nitrogen and oxygen atoms in total. The summed E-state index contributed by atoms with van der Waals surface area (Å²) in [6.07, 6.45) is 2.11. The van der Waals surface area contributed by atoms with Crippen LogP contribution in [-0.4, -0.2) is 44.5 Å². The van der Waals surface area contributed by atoms with Crippen molar-refractivity contribution in [2.75, 3.05) is 19.1 Å². The van der Waals surface area contributed by atoms with Crippen molar-refractivity contribution in [1.29, 1.82) is 0 Å². The first kappa shape index (κ1) is 18.4. The fourth-order valence-corrected chi connectivity index (χ4v) is 3.30. The van der Waals surface area contributed by atoms with Crippen molar-refractivity contribution in [2.45, 2.75) is 17.4 Å². The molecule has 1 N–H and O–H groups in total. The molecule has 1 atom stereocenters. The molecule has 0 spiro atoms. The molecule has 0 radical (unpaired) electrons. The van der Waals surface area contributed by atoms with Gasteiger partial charge in [0.1, 0.15) is 6.04 Å². The maximum atomic E-state index is 12.2. The average Bonchev–Trinajstić information content (AvgIpc) is 2.50. The van der Waals surface area contributed by atoms with Crippen LogP contribution in [-0.2, 0) is 19.6 Å². The number of esters is 1. The van der Waals surface area contributed by atoms with E-state index in [1.165, 1.54) is 18.9 Å². The third-order valence-electron chi connectivity index (χ3n) is 2.75. The van der Waals surface area contributed by atoms with Gasteiger partial charge < -0.3 is 4.74 Å². The van der Waals surface area contributed by atoms with Gasteiger partial charge in [-0.2, -0.15) is 16.5 Å². The topological polar surface area (TPSA) is 116 Å². The lowest BCUT2D eigenvalue weighted by Gasteiger charge is -2.16. The van der Waals surface area contributed by atoms with Crippen LogP contribution in [0.2, 0.25) is 0 Å². The highest BCUT2D eigenvalue weighted by Gasteiger charge is 2.26. The molecule has 0 aliphatic rings. The maximum absolute atomic E-state index is 12.2. The molecular formula is C12H16N2O6S2. The second-order valence-corrected chi connectivity index (χ2v) is 6.93. The summed E-state index contributed by atoms with van der Waals surface area (Å²) in [6, 6.07) is 3.40. The van der Waals surface area contributed by atoms with Gasteiger partial charge in [0, 0.05) is 12.1 Å². The van der Waals surface area contributed by atoms with Crippen molar-refractivity contribution >= 4 is 33.4 Å². The summed E-state index contributed by atoms with van der Waals surface area (Å²) >= 11 is 1.47. The van der Waals surface area contributed by atoms with E-state index < -0.39 is 27.0 Å². The lowest BCUT2D eigenvalue weighted by molar-refractivity contribution is -0.384. The highest BCUT2D eigenvalue weighted by molar-refractivity contribution is 7.98. The number of benzene rings is 1. The molecule has 22 heavy (non-hydrogen) atoms. The van der Waals surface area contributed by atoms with Crippen molar-refractivity contribution in [1.82, 2.24) is 4.72 Å². The Bertz CT molecular complexity index is 630. The third-order valence-corrected chi connectivity index (χ3v) is 4.88. The first-order valence-corrected chi connectivity index (χ1v) is 9.03. The van der Waals surface area contributed by atoms with E-state index in [-0.39, 0.29) is 17.0 Å². The number of hydrogen-bond donors (Lipinski definition) is 1. The fraction of sp³-hybridized carbons (Fsp3) is 0.417. The number of nitrogens with zero attached hydrogens (tertiary/aromatic N) is 1. The van der Waals surface area contributed by atoms with Crippen LogP contribution in [0.25, 0.3) is 0 Å². The van der Waals surface area contributed by atoms with Crippen LogP contribution in [0.3, 0.4) is 0 Å². The molecule has 0 amide bonds. The number of methoxy groups -OCH3 is 1. The Morgan fingerprint density at radius 2 is 2.00 bits per heavy atom. The Kier molecular flexibility index (Phi) is 6.78. The number of thioether (sulfide) groups is 1. The van der Waals surface area contributed by atoms with Crippen molar-refractivity contribution in [3.8, 4) is 0 Å². The zero-order valence-corrected chi connectivity index (χ0v) is 13.6. The molecule has 1 aromatic rings. The summed E-state index contributed by atoms with van der Waals surface area (Å²) in [4.78, 5) is 21.4. The average molecular weight is 348 g/mol. The first-order chi connectivity index (χ1) is 10.3. The Balaban J connectivity index is 2.95. The minimum absolute atomic E-state index is 0.156. The SMILES string of the molecule is COC(=O)[C@@H](CCSC)NS(=O)(=O)c1ccc([N+](=O)[O-])cc1. The monoisotopic (exact) mass is 348 g/mol. The van der Waals surface area contributed by atoms with E-state index in [9.17, 15) is 23.3 Å². The van der Waals surface area contributed by atoms with Gasteiger partial charge in [-0.15, -0.1) is 0 Å². The summed E-state index contributed by atoms with van der Waals surface area (Å²) in [5.41, 5.74) is -0.217. The third kappa shape index (κ3) is 4.97. The number of non-ortho nitro benzene ring substituents is 1. The largest absolute Gasteiger partial charge is 0.468 e. The second-order valence-electron chi connectivity index (χ2n) is 4.23. The molecule has 1 rings (SSSR count). The van der Waals surface area contributed by atoms with Gasteiger partial charge in [0.25, 0.3) is 5.69 Å². The van der Waals surface area contributed by atoms with Crippen LogP contribution in [0, 0.1) is 10.1 Å². The summed E-state index contributed by atoms with van der Waals surface area (Å²) in [6.45, 7) is 0. The highest BCUT2D eigenvalue weighted by atomic mass is 32.2. The van der Waals surface area contributed by atoms with Gasteiger partial charge in [-0.25, -0.2) is 8.42 Å². The van der Waals surface area contributed by atoms with Crippen molar-refractivity contribution in [3.05, 3.63) is 34.4 Å². The van der Waals surface area contributed by atoms with Crippen LogP contribution in [0.4, 0.5) is 5.69 Å². The Labute approximate surface area is 132 Å². The second kappa shape index (κ2) is 8.11. The van der Waals surface area contributed by atoms with E-state index in [1.54, 1.807) is 0 Å². The predicted octanol–water partition coefficient (Wildman–Crippen LogP) is 1.17. The summed E-state index contributed by atoms with van der Waals surface area (Å²) in [7, 11) is -2.79. The van der Waals surface area contributed by atoms with Crippen LogP contribution in [0.5, 0.6) is 0 Å². The number of hydrogen-bond acceptors (Lipinski definition) is 7. The van der Waals surface area contributed by atoms with Gasteiger partial charge in [0.2, 0.25) is 10.0 Å². The Morgan fingerprint density at radius 3 is 2.45 bits per heavy atom. The van der Waals surface area contributed by atoms with Gasteiger partial charge in [0.15, 0.2) is 0 Å². The van der Waals surface area contributed by atoms with Crippen LogP contribution >= 0.6 is 11.8 Å². The maximum Gasteiger partial charge on any atom is 0.323 e. The van der Waals surface area contributed by atoms with Crippen molar-refractivity contribution < 1.29 is 22.9 Å². The number of sulfonamides is 1. The minimum Gasteiger partial charge on any atom is -0.468 e. The number of carbonyl (C=O) groups is 1. The van der Waals surface area contributed by atoms with E-state index in [0.29, 0.717) is 5.75 Å². The summed E-state index contributed by atoms with van der Waals surface area (Å²) < 4.78 is 31.3. The van der Waals surface area contributed by atoms with Gasteiger partial charge in [-0.05, 0) is 30.6 Å². The number of nitrogens with one attached hydrogen (secondary N) is 1. The molecule has 0 saturated carbocycles. The molecule has 1 aromatic carbocycles. The van der Waals surface area contributed by atoms with Gasteiger partial charge >= 0.3 is 5.97 Å². The van der Waals surface area contributed by atoms with Crippen molar-refractivity contribution in [2.24, 2.45) is 0 Å². The number of ether oxygens (including phenoxy) is 1. The molecule has 0 bridgehead atoms. The Morgan fingerprint density at radius 1 is 1.41 bits per heavy atom. The molecule has 10 heteroatoms. The van der Waals surface area contributed by atoms with Crippen molar-refractivity contribution in [3.63, 3.8) is 0 Å². The summed E-state index contributed by atoms with van der Waals surface area (Å²) in [5, 5.41) is 10.6. The van der Waals surface area contributed by atoms with Gasteiger partial charge in [-0.3, -0.25) is 14.9 Å². The zero-order valence-electron chi connectivity index (χ0n) is 12.0. The summed E-state index contributed by atoms with van der Waals surface area (Å²) in [5.74, 6) is -0.109. The number of nitro groups is 1. The molecule has 0 aromatic heterocycles. The van der Waals surface area contributed by atoms with Crippen LogP contribution < -0.4 is 4.72 Å². The molecular weight excluding hydrogens is 332 g/mol. The zero-order chi connectivity index (χ0) is 16.8. The van der Waals surface area contributed by atoms with E-state index >= 15 is 0 Å². The lowest BCUT2D eigenvalue weighted by atomic mass is 10.2. The lowest BCUT2D eigenvalue weighted by Crippen LogP contribution is -2.41. The number of rotatable bonds is 8. The predicted molar refractivity (Wildman–Crippen MR) is 82.2 cm³/mol. The van der Waals surface area contributed by atoms with E-state index in [4.69, 9.17) is 0 Å². The fourth-order valence-electron chi connectivity index (χ4n) is 1.61. The Hall–Kier alpha value is -1.65. The minimum atomic E-state index is -3.97. The van der Waals surface area contributed by atoms with Gasteiger partial charge in [0.05, 0.1) is 16.9 Å². The molecule has 0 saturated heterocycles. The number of nitro benzene ring substituents is 1. The normalized spacial score (nSPS) is 12.6.